The molecule has 0 aliphatic carbocycles. The first kappa shape index (κ1) is 18.7. The van der Waals surface area contributed by atoms with E-state index in [0.29, 0.717) is 28.9 Å². The maximum atomic E-state index is 12.2. The minimum Gasteiger partial charge on any atom is -0.492 e. The molecule has 0 radical (unpaired) electrons. The lowest BCUT2D eigenvalue weighted by atomic mass is 9.71. The van der Waals surface area contributed by atoms with Crippen LogP contribution < -0.4 is 0 Å². The van der Waals surface area contributed by atoms with E-state index >= 15 is 0 Å². The van der Waals surface area contributed by atoms with Gasteiger partial charge in [0.1, 0.15) is 5.76 Å². The SMILES string of the molecule is COC1=C(C)C(=O)O/C1=C1\OC23OC4CC([C@H]2[C@@H]1C)N1CCC3C41/C=C/C=C/CO. The molecule has 6 rings (SSSR count). The van der Waals surface area contributed by atoms with Gasteiger partial charge < -0.3 is 24.1 Å². The van der Waals surface area contributed by atoms with Crippen LogP contribution >= 0.6 is 0 Å². The molecule has 0 aromatic heterocycles. The number of piperidine rings is 1. The third-order valence-corrected chi connectivity index (χ3v) is 8.19. The van der Waals surface area contributed by atoms with Crippen LogP contribution in [0.15, 0.2) is 47.2 Å². The van der Waals surface area contributed by atoms with Crippen LogP contribution in [0, 0.1) is 17.8 Å². The van der Waals surface area contributed by atoms with E-state index in [9.17, 15) is 4.79 Å². The minimum absolute atomic E-state index is 0.0318. The lowest BCUT2D eigenvalue weighted by Gasteiger charge is -2.47. The van der Waals surface area contributed by atoms with Crippen molar-refractivity contribution >= 4 is 5.97 Å². The van der Waals surface area contributed by atoms with Crippen molar-refractivity contribution in [2.45, 2.75) is 50.2 Å². The first-order chi connectivity index (χ1) is 14.5. The Kier molecular flexibility index (Phi) is 3.73. The van der Waals surface area contributed by atoms with Crippen molar-refractivity contribution < 1.29 is 28.8 Å². The molecule has 0 aromatic rings. The second-order valence-corrected chi connectivity index (χ2v) is 9.18. The van der Waals surface area contributed by atoms with Gasteiger partial charge in [-0.2, -0.15) is 0 Å². The van der Waals surface area contributed by atoms with E-state index in [2.05, 4.69) is 17.9 Å². The molecule has 7 heteroatoms. The maximum absolute atomic E-state index is 12.2. The zero-order valence-corrected chi connectivity index (χ0v) is 17.5. The first-order valence-electron chi connectivity index (χ1n) is 10.8. The topological polar surface area (TPSA) is 77.5 Å². The van der Waals surface area contributed by atoms with Gasteiger partial charge >= 0.3 is 5.97 Å². The predicted molar refractivity (Wildman–Crippen MR) is 105 cm³/mol. The van der Waals surface area contributed by atoms with Crippen molar-refractivity contribution in [2.24, 2.45) is 17.8 Å². The molecule has 0 aromatic carbocycles. The molecule has 0 amide bonds. The van der Waals surface area contributed by atoms with Crippen LogP contribution in [0.2, 0.25) is 0 Å². The van der Waals surface area contributed by atoms with Crippen LogP contribution in [0.3, 0.4) is 0 Å². The van der Waals surface area contributed by atoms with Crippen molar-refractivity contribution in [2.75, 3.05) is 20.3 Å². The minimum atomic E-state index is -0.685. The molecule has 5 fully saturated rings. The van der Waals surface area contributed by atoms with Gasteiger partial charge in [0, 0.05) is 18.5 Å². The number of methoxy groups -OCH3 is 1. The fourth-order valence-electron chi connectivity index (χ4n) is 7.26. The van der Waals surface area contributed by atoms with Gasteiger partial charge in [-0.1, -0.05) is 31.2 Å². The molecule has 1 N–H and O–H groups in total. The smallest absolute Gasteiger partial charge is 0.343 e. The number of fused-ring (bicyclic) bond motifs is 1. The van der Waals surface area contributed by atoms with E-state index in [4.69, 9.17) is 24.1 Å². The molecule has 1 spiro atoms. The Morgan fingerprint density at radius 2 is 2.20 bits per heavy atom. The number of cyclic esters (lactones) is 1. The summed E-state index contributed by atoms with van der Waals surface area (Å²) >= 11 is 0. The molecule has 0 saturated carbocycles. The summed E-state index contributed by atoms with van der Waals surface area (Å²) in [5.41, 5.74) is 0.307. The Bertz CT molecular complexity index is 949. The summed E-state index contributed by atoms with van der Waals surface area (Å²) in [5.74, 6) is 0.968. The van der Waals surface area contributed by atoms with Gasteiger partial charge in [-0.3, -0.25) is 4.90 Å². The van der Waals surface area contributed by atoms with Gasteiger partial charge in [0.15, 0.2) is 5.76 Å². The van der Waals surface area contributed by atoms with Gasteiger partial charge in [-0.05, 0) is 19.8 Å². The van der Waals surface area contributed by atoms with Crippen molar-refractivity contribution in [1.29, 1.82) is 0 Å². The molecule has 30 heavy (non-hydrogen) atoms. The number of allylic oxidation sites excluding steroid dienone is 3. The summed E-state index contributed by atoms with van der Waals surface area (Å²) in [4.78, 5) is 14.8. The highest BCUT2D eigenvalue weighted by molar-refractivity contribution is 5.93. The second-order valence-electron chi connectivity index (χ2n) is 9.18. The maximum Gasteiger partial charge on any atom is 0.343 e. The van der Waals surface area contributed by atoms with Gasteiger partial charge in [-0.15, -0.1) is 0 Å². The fourth-order valence-corrected chi connectivity index (χ4v) is 7.26. The van der Waals surface area contributed by atoms with Crippen LogP contribution in [0.4, 0.5) is 0 Å². The highest BCUT2D eigenvalue weighted by Gasteiger charge is 2.83. The Labute approximate surface area is 175 Å². The third kappa shape index (κ3) is 1.90. The van der Waals surface area contributed by atoms with Gasteiger partial charge in [0.25, 0.3) is 0 Å². The van der Waals surface area contributed by atoms with Crippen molar-refractivity contribution in [1.82, 2.24) is 4.90 Å². The summed E-state index contributed by atoms with van der Waals surface area (Å²) in [6.07, 6.45) is 10.0. The van der Waals surface area contributed by atoms with E-state index < -0.39 is 5.79 Å². The number of aliphatic hydroxyl groups is 1. The highest BCUT2D eigenvalue weighted by Crippen LogP contribution is 2.72. The van der Waals surface area contributed by atoms with E-state index in [1.54, 1.807) is 20.1 Å². The van der Waals surface area contributed by atoms with Crippen LogP contribution in [0.25, 0.3) is 0 Å². The summed E-state index contributed by atoms with van der Waals surface area (Å²) < 4.78 is 24.5. The highest BCUT2D eigenvalue weighted by atomic mass is 16.7. The Morgan fingerprint density at radius 3 is 2.97 bits per heavy atom. The molecular weight excluding hydrogens is 386 g/mol. The number of hydrogen-bond donors (Lipinski definition) is 1. The van der Waals surface area contributed by atoms with Crippen LogP contribution in [-0.2, 0) is 23.7 Å². The Balaban J connectivity index is 1.44. The van der Waals surface area contributed by atoms with Crippen molar-refractivity contribution in [3.05, 3.63) is 47.2 Å². The third-order valence-electron chi connectivity index (χ3n) is 8.19. The largest absolute Gasteiger partial charge is 0.492 e. The average Bonchev–Trinajstić information content (AvgIpc) is 3.43. The number of carbonyl (C=O) groups is 1. The van der Waals surface area contributed by atoms with E-state index in [-0.39, 0.29) is 42.0 Å². The number of ether oxygens (including phenoxy) is 4. The van der Waals surface area contributed by atoms with E-state index in [1.807, 2.05) is 12.2 Å². The number of carbonyl (C=O) groups excluding carboxylic acids is 1. The number of nitrogens with zero attached hydrogens (tertiary/aromatic N) is 1. The van der Waals surface area contributed by atoms with Crippen LogP contribution in [0.5, 0.6) is 0 Å². The summed E-state index contributed by atoms with van der Waals surface area (Å²) in [7, 11) is 1.55. The molecule has 8 atom stereocenters. The molecule has 7 nitrogen and oxygen atoms in total. The summed E-state index contributed by atoms with van der Waals surface area (Å²) in [5, 5.41) is 9.04. The molecule has 6 aliphatic rings. The Hall–Kier alpha value is -2.09. The normalized spacial score (nSPS) is 50.3. The zero-order valence-electron chi connectivity index (χ0n) is 17.5. The molecule has 5 saturated heterocycles. The molecule has 6 heterocycles. The van der Waals surface area contributed by atoms with Crippen LogP contribution in [-0.4, -0.2) is 59.7 Å². The van der Waals surface area contributed by atoms with Crippen LogP contribution in [0.1, 0.15) is 26.7 Å². The zero-order chi connectivity index (χ0) is 20.8. The molecule has 160 valence electrons. The van der Waals surface area contributed by atoms with Crippen molar-refractivity contribution in [3.63, 3.8) is 0 Å². The van der Waals surface area contributed by atoms with Gasteiger partial charge in [0.05, 0.1) is 42.8 Å². The second kappa shape index (κ2) is 5.99. The molecule has 5 bridgehead atoms. The quantitative estimate of drug-likeness (QED) is 0.558. The van der Waals surface area contributed by atoms with Gasteiger partial charge in [-0.25, -0.2) is 4.79 Å². The molecular formula is C23H27NO6. The first-order valence-corrected chi connectivity index (χ1v) is 10.8. The number of esters is 1. The van der Waals surface area contributed by atoms with E-state index in [0.717, 1.165) is 19.4 Å². The van der Waals surface area contributed by atoms with E-state index in [1.165, 1.54) is 0 Å². The monoisotopic (exact) mass is 413 g/mol. The van der Waals surface area contributed by atoms with Crippen molar-refractivity contribution in [3.8, 4) is 0 Å². The number of rotatable bonds is 4. The Morgan fingerprint density at radius 1 is 1.37 bits per heavy atom. The molecule has 6 aliphatic heterocycles. The summed E-state index contributed by atoms with van der Waals surface area (Å²) in [6, 6.07) is 0.371. The average molecular weight is 413 g/mol. The van der Waals surface area contributed by atoms with Gasteiger partial charge in [0.2, 0.25) is 11.5 Å². The lowest BCUT2D eigenvalue weighted by molar-refractivity contribution is -0.255. The number of hydrogen-bond acceptors (Lipinski definition) is 7. The predicted octanol–water partition coefficient (Wildman–Crippen LogP) is 2.00. The molecule has 6 unspecified atom stereocenters. The lowest BCUT2D eigenvalue weighted by Crippen LogP contribution is -2.60. The number of aliphatic hydroxyl groups excluding tert-OH is 1. The fraction of sp³-hybridized carbons (Fsp3) is 0.609. The standard InChI is InChI=1S/C23H27NO6/c1-12-17-14-11-16-22(8-5-4-6-10-25)15(7-9-24(14)22)23(17,29-16)30-19(12)20-18(27-3)13(2)21(26)28-20/h4-6,8,12,14-17,25H,7,9-11H2,1-3H3/b6-4+,8-5+,20-19-/t12-,14?,15?,16?,17+,22?,23?/m0/s1. The summed E-state index contributed by atoms with van der Waals surface area (Å²) in [6.45, 7) is 4.94.